The molecule has 1 aromatic carbocycles. The molecule has 0 heterocycles. The van der Waals surface area contributed by atoms with Gasteiger partial charge in [-0.15, -0.1) is 0 Å². The van der Waals surface area contributed by atoms with E-state index in [-0.39, 0.29) is 11.6 Å². The van der Waals surface area contributed by atoms with Crippen molar-refractivity contribution in [1.29, 1.82) is 0 Å². The monoisotopic (exact) mass is 280 g/mol. The van der Waals surface area contributed by atoms with Gasteiger partial charge in [0.1, 0.15) is 0 Å². The Morgan fingerprint density at radius 3 is 2.16 bits per heavy atom. The average Bonchev–Trinajstić information content (AvgIpc) is 2.91. The highest BCUT2D eigenvalue weighted by atomic mass is 35.5. The number of nitrogens with zero attached hydrogens (tertiary/aromatic N) is 1. The van der Waals surface area contributed by atoms with Crippen molar-refractivity contribution in [2.75, 3.05) is 13.1 Å². The van der Waals surface area contributed by atoms with Crippen molar-refractivity contribution in [1.82, 2.24) is 4.90 Å². The van der Waals surface area contributed by atoms with Crippen LogP contribution >= 0.6 is 11.6 Å². The van der Waals surface area contributed by atoms with Crippen LogP contribution in [0.25, 0.3) is 0 Å². The molecule has 1 aliphatic carbocycles. The Morgan fingerprint density at radius 2 is 1.68 bits per heavy atom. The topological polar surface area (TPSA) is 29.3 Å². The van der Waals surface area contributed by atoms with E-state index in [1.165, 1.54) is 31.2 Å². The molecular weight excluding hydrogens is 256 g/mol. The third-order valence-electron chi connectivity index (χ3n) is 4.67. The van der Waals surface area contributed by atoms with Crippen LogP contribution in [0, 0.1) is 0 Å². The lowest BCUT2D eigenvalue weighted by atomic mass is 9.82. The molecule has 0 radical (unpaired) electrons. The van der Waals surface area contributed by atoms with Crippen molar-refractivity contribution >= 4 is 11.6 Å². The highest BCUT2D eigenvalue weighted by molar-refractivity contribution is 6.30. The molecule has 1 aliphatic rings. The molecule has 2 N–H and O–H groups in total. The second-order valence-electron chi connectivity index (χ2n) is 5.51. The Bertz CT molecular complexity index is 392. The van der Waals surface area contributed by atoms with Gasteiger partial charge in [-0.1, -0.05) is 50.4 Å². The van der Waals surface area contributed by atoms with Gasteiger partial charge in [-0.2, -0.15) is 0 Å². The lowest BCUT2D eigenvalue weighted by Gasteiger charge is -2.45. The third-order valence-corrected chi connectivity index (χ3v) is 4.92. The van der Waals surface area contributed by atoms with Gasteiger partial charge in [0.2, 0.25) is 0 Å². The molecule has 0 spiro atoms. The molecule has 106 valence electrons. The average molecular weight is 281 g/mol. The number of nitrogens with two attached hydrogens (primary N) is 1. The van der Waals surface area contributed by atoms with Gasteiger partial charge >= 0.3 is 0 Å². The number of likely N-dealkylation sites (N-methyl/N-ethyl adjacent to an activating group) is 1. The van der Waals surface area contributed by atoms with E-state index in [9.17, 15) is 0 Å². The van der Waals surface area contributed by atoms with Crippen LogP contribution in [0.15, 0.2) is 24.3 Å². The molecule has 1 unspecified atom stereocenters. The van der Waals surface area contributed by atoms with E-state index in [1.54, 1.807) is 0 Å². The van der Waals surface area contributed by atoms with E-state index in [2.05, 4.69) is 30.9 Å². The van der Waals surface area contributed by atoms with Crippen LogP contribution in [0.5, 0.6) is 0 Å². The van der Waals surface area contributed by atoms with Crippen molar-refractivity contribution in [3.63, 3.8) is 0 Å². The summed E-state index contributed by atoms with van der Waals surface area (Å²) in [5, 5.41) is 0.777. The smallest absolute Gasteiger partial charge is 0.0482 e. The lowest BCUT2D eigenvalue weighted by Crippen LogP contribution is -2.53. The first-order valence-electron chi connectivity index (χ1n) is 7.40. The fourth-order valence-corrected chi connectivity index (χ4v) is 3.77. The van der Waals surface area contributed by atoms with Gasteiger partial charge in [-0.05, 0) is 43.6 Å². The maximum absolute atomic E-state index is 6.65. The molecule has 3 heteroatoms. The van der Waals surface area contributed by atoms with Crippen molar-refractivity contribution in [3.8, 4) is 0 Å². The van der Waals surface area contributed by atoms with Crippen LogP contribution in [-0.2, 0) is 0 Å². The number of hydrogen-bond donors (Lipinski definition) is 1. The third kappa shape index (κ3) is 2.81. The molecule has 1 atom stereocenters. The molecule has 1 aromatic rings. The summed E-state index contributed by atoms with van der Waals surface area (Å²) < 4.78 is 0. The number of benzene rings is 1. The van der Waals surface area contributed by atoms with Crippen LogP contribution in [-0.4, -0.2) is 23.5 Å². The Labute approximate surface area is 121 Å². The van der Waals surface area contributed by atoms with Gasteiger partial charge < -0.3 is 5.73 Å². The minimum absolute atomic E-state index is 0.0761. The highest BCUT2D eigenvalue weighted by Gasteiger charge is 2.43. The quantitative estimate of drug-likeness (QED) is 0.883. The highest BCUT2D eigenvalue weighted by Crippen LogP contribution is 2.43. The standard InChI is InChI=1S/C16H25ClN2/c1-3-19(4-2)16(11-5-6-12-16)15(18)13-7-9-14(17)10-8-13/h7-10,15H,3-6,11-12,18H2,1-2H3. The van der Waals surface area contributed by atoms with Crippen molar-refractivity contribution in [2.45, 2.75) is 51.1 Å². The summed E-state index contributed by atoms with van der Waals surface area (Å²) in [6, 6.07) is 8.13. The van der Waals surface area contributed by atoms with Gasteiger partial charge in [-0.25, -0.2) is 0 Å². The Morgan fingerprint density at radius 1 is 1.16 bits per heavy atom. The summed E-state index contributed by atoms with van der Waals surface area (Å²) in [4.78, 5) is 2.55. The second kappa shape index (κ2) is 6.25. The molecule has 0 aromatic heterocycles. The van der Waals surface area contributed by atoms with Gasteiger partial charge in [-0.3, -0.25) is 4.90 Å². The summed E-state index contributed by atoms with van der Waals surface area (Å²) in [5.41, 5.74) is 8.00. The second-order valence-corrected chi connectivity index (χ2v) is 5.95. The number of rotatable bonds is 5. The van der Waals surface area contributed by atoms with E-state index in [0.29, 0.717) is 0 Å². The van der Waals surface area contributed by atoms with Crippen molar-refractivity contribution in [3.05, 3.63) is 34.9 Å². The predicted octanol–water partition coefficient (Wildman–Crippen LogP) is 3.99. The molecule has 19 heavy (non-hydrogen) atoms. The summed E-state index contributed by atoms with van der Waals surface area (Å²) >= 11 is 5.98. The first-order chi connectivity index (χ1) is 9.14. The van der Waals surface area contributed by atoms with Crippen LogP contribution in [0.4, 0.5) is 0 Å². The molecular formula is C16H25ClN2. The first kappa shape index (κ1) is 14.8. The zero-order chi connectivity index (χ0) is 13.9. The lowest BCUT2D eigenvalue weighted by molar-refractivity contribution is 0.0770. The minimum atomic E-state index is 0.0761. The summed E-state index contributed by atoms with van der Waals surface area (Å²) in [6.45, 7) is 6.60. The van der Waals surface area contributed by atoms with E-state index in [1.807, 2.05) is 12.1 Å². The van der Waals surface area contributed by atoms with Crippen molar-refractivity contribution < 1.29 is 0 Å². The molecule has 2 nitrogen and oxygen atoms in total. The molecule has 2 rings (SSSR count). The molecule has 0 aliphatic heterocycles. The van der Waals surface area contributed by atoms with Crippen LogP contribution in [0.3, 0.4) is 0 Å². The minimum Gasteiger partial charge on any atom is -0.322 e. The predicted molar refractivity (Wildman–Crippen MR) is 82.5 cm³/mol. The van der Waals surface area contributed by atoms with E-state index in [4.69, 9.17) is 17.3 Å². The molecule has 1 saturated carbocycles. The van der Waals surface area contributed by atoms with Gasteiger partial charge in [0.25, 0.3) is 0 Å². The van der Waals surface area contributed by atoms with Gasteiger partial charge in [0.15, 0.2) is 0 Å². The van der Waals surface area contributed by atoms with Crippen LogP contribution in [0.1, 0.15) is 51.1 Å². The zero-order valence-electron chi connectivity index (χ0n) is 12.0. The summed E-state index contributed by atoms with van der Waals surface area (Å²) in [6.07, 6.45) is 4.99. The normalized spacial score (nSPS) is 19.8. The number of hydrogen-bond acceptors (Lipinski definition) is 2. The summed E-state index contributed by atoms with van der Waals surface area (Å²) in [5.74, 6) is 0. The zero-order valence-corrected chi connectivity index (χ0v) is 12.8. The fourth-order valence-electron chi connectivity index (χ4n) is 3.64. The molecule has 0 bridgehead atoms. The van der Waals surface area contributed by atoms with Crippen molar-refractivity contribution in [2.24, 2.45) is 5.73 Å². The van der Waals surface area contributed by atoms with E-state index in [0.717, 1.165) is 18.1 Å². The fraction of sp³-hybridized carbons (Fsp3) is 0.625. The molecule has 0 amide bonds. The Balaban J connectivity index is 2.30. The van der Waals surface area contributed by atoms with Gasteiger partial charge in [0.05, 0.1) is 0 Å². The maximum atomic E-state index is 6.65. The summed E-state index contributed by atoms with van der Waals surface area (Å²) in [7, 11) is 0. The van der Waals surface area contributed by atoms with E-state index >= 15 is 0 Å². The molecule has 1 fully saturated rings. The Kier molecular flexibility index (Phi) is 4.88. The first-order valence-corrected chi connectivity index (χ1v) is 7.78. The van der Waals surface area contributed by atoms with Crippen LogP contribution < -0.4 is 5.73 Å². The van der Waals surface area contributed by atoms with Crippen LogP contribution in [0.2, 0.25) is 5.02 Å². The number of halogens is 1. The largest absolute Gasteiger partial charge is 0.322 e. The van der Waals surface area contributed by atoms with Gasteiger partial charge in [0, 0.05) is 16.6 Å². The maximum Gasteiger partial charge on any atom is 0.0482 e. The molecule has 0 saturated heterocycles. The SMILES string of the molecule is CCN(CC)C1(C(N)c2ccc(Cl)cc2)CCCC1. The Hall–Kier alpha value is -0.570. The van der Waals surface area contributed by atoms with E-state index < -0.39 is 0 Å².